The van der Waals surface area contributed by atoms with Crippen LogP contribution in [0.5, 0.6) is 0 Å². The fourth-order valence-electron chi connectivity index (χ4n) is 17.4. The van der Waals surface area contributed by atoms with Crippen molar-refractivity contribution < 1.29 is 38.1 Å². The van der Waals surface area contributed by atoms with E-state index in [4.69, 9.17) is 18.9 Å². The third-order valence-electron chi connectivity index (χ3n) is 26.2. The van der Waals surface area contributed by atoms with Crippen molar-refractivity contribution >= 4 is 23.9 Å². The summed E-state index contributed by atoms with van der Waals surface area (Å²) in [6.45, 7) is 20.8. The predicted molar refractivity (Wildman–Crippen MR) is 556 cm³/mol. The molecular formula is C117H234O8. The lowest BCUT2D eigenvalue weighted by atomic mass is 10.0. The van der Waals surface area contributed by atoms with Gasteiger partial charge in [0.15, 0.2) is 0 Å². The zero-order chi connectivity index (χ0) is 91.4. The van der Waals surface area contributed by atoms with Crippen molar-refractivity contribution in [3.63, 3.8) is 0 Å². The third kappa shape index (κ3) is 133. The van der Waals surface area contributed by atoms with Gasteiger partial charge in [0.25, 0.3) is 0 Å². The first-order chi connectivity index (χ1) is 61.7. The van der Waals surface area contributed by atoms with Gasteiger partial charge in [0.1, 0.15) is 0 Å². The Morgan fingerprint density at radius 2 is 0.176 bits per heavy atom. The number of carbonyl (C=O) groups excluding carboxylic acids is 4. The molecule has 0 amide bonds. The molecule has 0 fully saturated rings. The van der Waals surface area contributed by atoms with E-state index in [0.29, 0.717) is 52.1 Å². The lowest BCUT2D eigenvalue weighted by Gasteiger charge is -2.06. The highest BCUT2D eigenvalue weighted by atomic mass is 16.5. The Morgan fingerprint density at radius 3 is 0.264 bits per heavy atom. The summed E-state index contributed by atoms with van der Waals surface area (Å²) in [5.41, 5.74) is 0. The molecule has 8 heteroatoms. The topological polar surface area (TPSA) is 105 Å². The van der Waals surface area contributed by atoms with Crippen molar-refractivity contribution in [2.45, 2.75) is 704 Å². The summed E-state index contributed by atoms with van der Waals surface area (Å²) >= 11 is 0. The Labute approximate surface area is 787 Å². The summed E-state index contributed by atoms with van der Waals surface area (Å²) in [5.74, 6) is 0.0922. The van der Waals surface area contributed by atoms with Crippen LogP contribution >= 0.6 is 0 Å². The van der Waals surface area contributed by atoms with E-state index in [-0.39, 0.29) is 23.9 Å². The molecule has 0 aliphatic carbocycles. The molecule has 0 aromatic carbocycles. The Morgan fingerprint density at radius 1 is 0.104 bits per heavy atom. The number of unbranched alkanes of at least 4 members (excludes halogenated alkanes) is 89. The van der Waals surface area contributed by atoms with Crippen LogP contribution in [0.4, 0.5) is 0 Å². The second-order valence-corrected chi connectivity index (χ2v) is 39.3. The van der Waals surface area contributed by atoms with Crippen LogP contribution in [-0.4, -0.2) is 50.3 Å². The molecule has 0 bridgehead atoms. The smallest absolute Gasteiger partial charge is 0.305 e. The van der Waals surface area contributed by atoms with Crippen LogP contribution in [0.2, 0.25) is 0 Å². The summed E-state index contributed by atoms with van der Waals surface area (Å²) in [4.78, 5) is 47.2. The van der Waals surface area contributed by atoms with Gasteiger partial charge in [-0.15, -0.1) is 0 Å². The fraction of sp³-hybridized carbons (Fsp3) is 0.966. The van der Waals surface area contributed by atoms with Crippen LogP contribution in [0.3, 0.4) is 0 Å². The molecule has 8 nitrogen and oxygen atoms in total. The van der Waals surface area contributed by atoms with Crippen LogP contribution in [0.15, 0.2) is 0 Å². The molecule has 0 unspecified atom stereocenters. The maximum atomic E-state index is 11.9. The van der Waals surface area contributed by atoms with Gasteiger partial charge in [-0.25, -0.2) is 0 Å². The molecule has 0 heterocycles. The van der Waals surface area contributed by atoms with E-state index in [0.717, 1.165) is 51.4 Å². The monoisotopic (exact) mass is 1770 g/mol. The fourth-order valence-corrected chi connectivity index (χ4v) is 17.4. The summed E-state index contributed by atoms with van der Waals surface area (Å²) in [6.07, 6.45) is 133. The molecule has 0 aromatic rings. The lowest BCUT2D eigenvalue weighted by molar-refractivity contribution is -0.144. The molecule has 0 spiro atoms. The molecule has 0 saturated heterocycles. The van der Waals surface area contributed by atoms with E-state index in [2.05, 4.69) is 55.4 Å². The molecule has 0 radical (unpaired) electrons. The molecule has 0 N–H and O–H groups in total. The maximum Gasteiger partial charge on any atom is 0.305 e. The van der Waals surface area contributed by atoms with E-state index in [1.165, 1.54) is 571 Å². The minimum absolute atomic E-state index is 0.0195. The largest absolute Gasteiger partial charge is 0.466 e. The van der Waals surface area contributed by atoms with E-state index in [9.17, 15) is 19.2 Å². The van der Waals surface area contributed by atoms with Crippen molar-refractivity contribution in [3.8, 4) is 0 Å². The normalized spacial score (nSPS) is 11.2. The van der Waals surface area contributed by atoms with E-state index < -0.39 is 0 Å². The quantitative estimate of drug-likeness (QED) is 0.0337. The number of hydrogen-bond donors (Lipinski definition) is 0. The standard InChI is InChI=1S/C33H66O2.C30H60O2.C28H56O2.C26H52O2/c1-3-5-7-9-11-13-15-17-18-19-20-21-23-25-27-29-31-33(34)35-32-30-28-26-24-22-16-14-12-10-8-6-4-2;1-3-5-7-9-11-13-15-17-18-20-22-24-26-28-30(31)32-29-27-25-23-21-19-16-14-12-10-8-6-4-2;1-3-5-7-9-11-13-15-17-19-21-23-25-27-30-28(29)26-24-22-20-18-16-14-12-10-8-6-4-2;1-3-5-7-9-11-13-14-15-17-19-21-23-25-28-26(27)24-22-20-18-16-12-10-8-6-4-2/h3-32H2,1-2H3;3-29H2,1-2H3;3-27H2,1-2H3;3-25H2,1-2H3. The van der Waals surface area contributed by atoms with Crippen LogP contribution in [0, 0.1) is 0 Å². The molecule has 750 valence electrons. The minimum Gasteiger partial charge on any atom is -0.466 e. The van der Waals surface area contributed by atoms with Crippen molar-refractivity contribution in [1.82, 2.24) is 0 Å². The molecule has 0 atom stereocenters. The SMILES string of the molecule is CCCCCCCCCCCCCCCC(=O)OCCCCCCCCCCCCCC.CCCCCCCCCCCCCCCCCCC(=O)OCCCCCCCCCCCCCC.CCCCCCCCCCCCCCOC(=O)CCCCCCCCCCC.CCCCCCCCCCCCCCOC(=O)CCCCCCCCCCCCC. The molecule has 0 aliphatic rings. The van der Waals surface area contributed by atoms with Crippen LogP contribution in [0.25, 0.3) is 0 Å². The number of carbonyl (C=O) groups is 4. The summed E-state index contributed by atoms with van der Waals surface area (Å²) in [7, 11) is 0. The van der Waals surface area contributed by atoms with Crippen molar-refractivity contribution in [3.05, 3.63) is 0 Å². The average Bonchev–Trinajstić information content (AvgIpc) is 1.05. The van der Waals surface area contributed by atoms with Gasteiger partial charge < -0.3 is 18.9 Å². The van der Waals surface area contributed by atoms with Crippen molar-refractivity contribution in [2.75, 3.05) is 26.4 Å². The van der Waals surface area contributed by atoms with Gasteiger partial charge in [0, 0.05) is 25.7 Å². The molecule has 125 heavy (non-hydrogen) atoms. The Bertz CT molecular complexity index is 1870. The molecule has 0 rings (SSSR count). The predicted octanol–water partition coefficient (Wildman–Crippen LogP) is 41.7. The maximum absolute atomic E-state index is 11.9. The second kappa shape index (κ2) is 126. The highest BCUT2D eigenvalue weighted by molar-refractivity contribution is 5.70. The highest BCUT2D eigenvalue weighted by Crippen LogP contribution is 2.22. The van der Waals surface area contributed by atoms with Crippen molar-refractivity contribution in [1.29, 1.82) is 0 Å². The van der Waals surface area contributed by atoms with Gasteiger partial charge >= 0.3 is 23.9 Å². The van der Waals surface area contributed by atoms with Crippen molar-refractivity contribution in [2.24, 2.45) is 0 Å². The lowest BCUT2D eigenvalue weighted by Crippen LogP contribution is -2.05. The summed E-state index contributed by atoms with van der Waals surface area (Å²) in [5, 5.41) is 0. The Balaban J connectivity index is -0.000000783. The summed E-state index contributed by atoms with van der Waals surface area (Å²) in [6, 6.07) is 0. The Hall–Kier alpha value is -2.12. The van der Waals surface area contributed by atoms with Gasteiger partial charge in [0.05, 0.1) is 26.4 Å². The molecule has 0 saturated carbocycles. The van der Waals surface area contributed by atoms with Crippen LogP contribution in [-0.2, 0) is 38.1 Å². The van der Waals surface area contributed by atoms with Gasteiger partial charge in [-0.2, -0.15) is 0 Å². The van der Waals surface area contributed by atoms with Gasteiger partial charge in [-0.05, 0) is 51.4 Å². The first-order valence-corrected chi connectivity index (χ1v) is 58.4. The minimum atomic E-state index is 0.0195. The Kier molecular flexibility index (Phi) is 130. The summed E-state index contributed by atoms with van der Waals surface area (Å²) < 4.78 is 21.6. The van der Waals surface area contributed by atoms with Gasteiger partial charge in [-0.3, -0.25) is 19.2 Å². The van der Waals surface area contributed by atoms with E-state index >= 15 is 0 Å². The zero-order valence-electron chi connectivity index (χ0n) is 87.5. The van der Waals surface area contributed by atoms with E-state index in [1.807, 2.05) is 0 Å². The average molecular weight is 1770 g/mol. The first kappa shape index (κ1) is 129. The molecule has 0 aromatic heterocycles. The number of hydrogen-bond acceptors (Lipinski definition) is 8. The number of ether oxygens (including phenoxy) is 4. The van der Waals surface area contributed by atoms with Gasteiger partial charge in [-0.1, -0.05) is 627 Å². The van der Waals surface area contributed by atoms with Crippen LogP contribution < -0.4 is 0 Å². The van der Waals surface area contributed by atoms with E-state index in [1.54, 1.807) is 0 Å². The number of rotatable bonds is 105. The van der Waals surface area contributed by atoms with Gasteiger partial charge in [0.2, 0.25) is 0 Å². The highest BCUT2D eigenvalue weighted by Gasteiger charge is 2.09. The molecule has 0 aliphatic heterocycles. The first-order valence-electron chi connectivity index (χ1n) is 58.4. The molecular weight excluding hydrogens is 1530 g/mol. The third-order valence-corrected chi connectivity index (χ3v) is 26.2. The van der Waals surface area contributed by atoms with Crippen LogP contribution in [0.1, 0.15) is 704 Å². The number of esters is 4. The second-order valence-electron chi connectivity index (χ2n) is 39.3. The zero-order valence-corrected chi connectivity index (χ0v) is 87.5.